The Hall–Kier alpha value is -4.80. The van der Waals surface area contributed by atoms with Crippen molar-refractivity contribution in [3.8, 4) is 16.9 Å². The first-order valence-corrected chi connectivity index (χ1v) is 16.3. The summed E-state index contributed by atoms with van der Waals surface area (Å²) in [6.45, 7) is 1.94. The van der Waals surface area contributed by atoms with Crippen molar-refractivity contribution in [2.24, 2.45) is 0 Å². The number of carbonyl (C=O) groups excluding carboxylic acids is 2. The van der Waals surface area contributed by atoms with E-state index in [-0.39, 0.29) is 24.2 Å². The second-order valence-electron chi connectivity index (χ2n) is 13.3. The van der Waals surface area contributed by atoms with Gasteiger partial charge in [0.1, 0.15) is 5.75 Å². The average Bonchev–Trinajstić information content (AvgIpc) is 3.43. The van der Waals surface area contributed by atoms with Gasteiger partial charge in [-0.2, -0.15) is 0 Å². The monoisotopic (exact) mass is 632 g/mol. The minimum absolute atomic E-state index is 0.00568. The Morgan fingerprint density at radius 3 is 2.55 bits per heavy atom. The first-order chi connectivity index (χ1) is 22.8. The highest BCUT2D eigenvalue weighted by molar-refractivity contribution is 5.99. The fourth-order valence-corrected chi connectivity index (χ4v) is 8.68. The zero-order chi connectivity index (χ0) is 32.3. The molecular weight excluding hydrogens is 596 g/mol. The highest BCUT2D eigenvalue weighted by atomic mass is 16.5. The van der Waals surface area contributed by atoms with E-state index in [2.05, 4.69) is 32.3 Å². The zero-order valence-corrected chi connectivity index (χ0v) is 25.9. The van der Waals surface area contributed by atoms with Crippen LogP contribution in [0.4, 0.5) is 0 Å². The van der Waals surface area contributed by atoms with Gasteiger partial charge in [-0.25, -0.2) is 4.79 Å². The summed E-state index contributed by atoms with van der Waals surface area (Å²) in [7, 11) is 0. The summed E-state index contributed by atoms with van der Waals surface area (Å²) in [5.74, 6) is 0.159. The maximum atomic E-state index is 13.6. The van der Waals surface area contributed by atoms with Gasteiger partial charge in [0, 0.05) is 37.3 Å². The number of aromatic nitrogens is 2. The van der Waals surface area contributed by atoms with E-state index in [0.29, 0.717) is 54.7 Å². The molecule has 1 amide bonds. The molecule has 3 heterocycles. The number of hydrogen-bond donors (Lipinski definition) is 4. The Bertz CT molecular complexity index is 2000. The molecule has 8 rings (SSSR count). The van der Waals surface area contributed by atoms with E-state index in [1.54, 1.807) is 18.2 Å². The smallest absolute Gasteiger partial charge is 0.325 e. The molecule has 4 atom stereocenters. The molecule has 1 aromatic heterocycles. The van der Waals surface area contributed by atoms with Crippen LogP contribution in [0.25, 0.3) is 11.1 Å². The molecule has 2 unspecified atom stereocenters. The lowest BCUT2D eigenvalue weighted by Crippen LogP contribution is -2.76. The number of H-pyrrole nitrogens is 2. The van der Waals surface area contributed by atoms with Gasteiger partial charge in [-0.15, -0.1) is 0 Å². The number of Topliss-reactive ketones (excluding diaryl/α,β-unsaturated/α-hetero) is 1. The highest BCUT2D eigenvalue weighted by Gasteiger charge is 2.73. The summed E-state index contributed by atoms with van der Waals surface area (Å²) in [4.78, 5) is 57.6. The number of aliphatic hydroxyl groups is 1. The van der Waals surface area contributed by atoms with Crippen LogP contribution >= 0.6 is 0 Å². The van der Waals surface area contributed by atoms with E-state index in [1.807, 2.05) is 36.4 Å². The van der Waals surface area contributed by atoms with Gasteiger partial charge >= 0.3 is 5.69 Å². The number of benzene rings is 3. The van der Waals surface area contributed by atoms with Crippen LogP contribution in [-0.2, 0) is 29.5 Å². The molecule has 4 aromatic rings. The van der Waals surface area contributed by atoms with Crippen LogP contribution in [-0.4, -0.2) is 69.0 Å². The zero-order valence-electron chi connectivity index (χ0n) is 25.9. The number of likely N-dealkylation sites (tertiary alicyclic amines) is 1. The lowest BCUT2D eigenvalue weighted by atomic mass is 9.49. The number of hydrogen-bond acceptors (Lipinski definition) is 7. The number of nitrogens with one attached hydrogen (secondary N) is 3. The summed E-state index contributed by atoms with van der Waals surface area (Å²) in [5.41, 5.74) is 2.56. The lowest BCUT2D eigenvalue weighted by Gasteiger charge is -2.62. The summed E-state index contributed by atoms with van der Waals surface area (Å²) >= 11 is 0. The third kappa shape index (κ3) is 4.61. The predicted octanol–water partition coefficient (Wildman–Crippen LogP) is 2.67. The second-order valence-corrected chi connectivity index (χ2v) is 13.3. The van der Waals surface area contributed by atoms with Crippen LogP contribution in [0.15, 0.2) is 82.5 Å². The number of ether oxygens (including phenoxy) is 1. The minimum atomic E-state index is -1.13. The fraction of sp³-hybridized carbons (Fsp3) is 0.351. The predicted molar refractivity (Wildman–Crippen MR) is 175 cm³/mol. The Kier molecular flexibility index (Phi) is 7.03. The molecule has 2 aliphatic heterocycles. The third-order valence-corrected chi connectivity index (χ3v) is 10.9. The van der Waals surface area contributed by atoms with Crippen molar-refractivity contribution in [3.05, 3.63) is 122 Å². The summed E-state index contributed by atoms with van der Waals surface area (Å²) in [5, 5.41) is 15.6. The van der Waals surface area contributed by atoms with Gasteiger partial charge in [0.25, 0.3) is 11.5 Å². The lowest BCUT2D eigenvalue weighted by molar-refractivity contribution is -0.188. The van der Waals surface area contributed by atoms with Crippen LogP contribution in [0.2, 0.25) is 0 Å². The van der Waals surface area contributed by atoms with Crippen molar-refractivity contribution in [1.29, 1.82) is 0 Å². The second kappa shape index (κ2) is 11.2. The largest absolute Gasteiger partial charge is 0.480 e. The van der Waals surface area contributed by atoms with E-state index in [9.17, 15) is 24.3 Å². The molecule has 0 radical (unpaired) electrons. The summed E-state index contributed by atoms with van der Waals surface area (Å²) < 4.78 is 6.47. The standard InChI is InChI=1S/C37H36N4O6/c42-28-12-15-37(46)29-20-25-10-11-26(33(43)38-17-13-23-6-8-24(9-7-23)27-21-39-35(45)40-34(27)44)31-30(25)36(37,32(28)47-31)16-19-41(29)18-14-22-4-2-1-3-5-22/h1-11,21,29,32,46H,12-20H2,(H,38,43)(H2,39,40,44,45)/t29?,32-,36+,37?/m1/s1. The Morgan fingerprint density at radius 2 is 1.77 bits per heavy atom. The first kappa shape index (κ1) is 29.6. The maximum Gasteiger partial charge on any atom is 0.325 e. The van der Waals surface area contributed by atoms with E-state index < -0.39 is 28.4 Å². The molecule has 240 valence electrons. The Morgan fingerprint density at radius 1 is 0.979 bits per heavy atom. The fourth-order valence-electron chi connectivity index (χ4n) is 8.68. The SMILES string of the molecule is O=C(NCCc1ccc(-c2c[nH]c(=O)[nH]c2=O)cc1)c1ccc2c3c1O[C@@H]1C(=O)CCC4(O)C(C2)N(CCc2ccccc2)CC[C@]314. The number of rotatable bonds is 8. The highest BCUT2D eigenvalue weighted by Crippen LogP contribution is 2.63. The van der Waals surface area contributed by atoms with Gasteiger partial charge in [0.15, 0.2) is 11.9 Å². The molecule has 2 fully saturated rings. The Labute approximate surface area is 270 Å². The molecule has 10 nitrogen and oxygen atoms in total. The molecule has 2 aliphatic carbocycles. The molecule has 1 spiro atoms. The topological polar surface area (TPSA) is 145 Å². The Balaban J connectivity index is 1.02. The number of carbonyl (C=O) groups is 2. The summed E-state index contributed by atoms with van der Waals surface area (Å²) in [6.07, 6.45) is 3.92. The quantitative estimate of drug-likeness (QED) is 0.234. The van der Waals surface area contributed by atoms with Crippen LogP contribution in [0, 0.1) is 0 Å². The average molecular weight is 633 g/mol. The maximum absolute atomic E-state index is 13.6. The van der Waals surface area contributed by atoms with E-state index >= 15 is 0 Å². The van der Waals surface area contributed by atoms with Crippen molar-refractivity contribution in [2.45, 2.75) is 61.7 Å². The number of ketones is 1. The minimum Gasteiger partial charge on any atom is -0.480 e. The molecule has 2 bridgehead atoms. The van der Waals surface area contributed by atoms with Crippen molar-refractivity contribution >= 4 is 11.7 Å². The van der Waals surface area contributed by atoms with Crippen molar-refractivity contribution in [3.63, 3.8) is 0 Å². The van der Waals surface area contributed by atoms with Crippen LogP contribution < -0.4 is 21.3 Å². The molecule has 1 saturated heterocycles. The van der Waals surface area contributed by atoms with Gasteiger partial charge in [-0.05, 0) is 67.0 Å². The molecule has 10 heteroatoms. The number of nitrogens with zero attached hydrogens (tertiary/aromatic N) is 1. The number of aromatic amines is 2. The van der Waals surface area contributed by atoms with Gasteiger partial charge < -0.3 is 20.1 Å². The molecule has 4 N–H and O–H groups in total. The van der Waals surface area contributed by atoms with Gasteiger partial charge in [0.05, 0.1) is 22.1 Å². The van der Waals surface area contributed by atoms with Crippen molar-refractivity contribution in [1.82, 2.24) is 20.2 Å². The van der Waals surface area contributed by atoms with Crippen LogP contribution in [0.3, 0.4) is 0 Å². The molecule has 47 heavy (non-hydrogen) atoms. The summed E-state index contributed by atoms with van der Waals surface area (Å²) in [6, 6.07) is 21.4. The van der Waals surface area contributed by atoms with Crippen LogP contribution in [0.1, 0.15) is 51.9 Å². The third-order valence-electron chi connectivity index (χ3n) is 10.9. The molecule has 4 aliphatic rings. The van der Waals surface area contributed by atoms with E-state index in [4.69, 9.17) is 4.74 Å². The number of piperidine rings is 1. The van der Waals surface area contributed by atoms with Gasteiger partial charge in [-0.1, -0.05) is 60.7 Å². The van der Waals surface area contributed by atoms with Crippen LogP contribution in [0.5, 0.6) is 5.75 Å². The normalized spacial score (nSPS) is 25.6. The van der Waals surface area contributed by atoms with E-state index in [0.717, 1.165) is 36.2 Å². The van der Waals surface area contributed by atoms with E-state index in [1.165, 1.54) is 11.8 Å². The molecular formula is C37H36N4O6. The molecule has 3 aromatic carbocycles. The number of amides is 1. The van der Waals surface area contributed by atoms with Crippen molar-refractivity contribution in [2.75, 3.05) is 19.6 Å². The van der Waals surface area contributed by atoms with Crippen molar-refractivity contribution < 1.29 is 19.4 Å². The van der Waals surface area contributed by atoms with Gasteiger partial charge in [-0.3, -0.25) is 24.3 Å². The first-order valence-electron chi connectivity index (χ1n) is 16.3. The molecule has 1 saturated carbocycles. The van der Waals surface area contributed by atoms with Gasteiger partial charge in [0.2, 0.25) is 0 Å².